The third-order valence-corrected chi connectivity index (χ3v) is 6.36. The van der Waals surface area contributed by atoms with E-state index in [4.69, 9.17) is 0 Å². The molecule has 2 atom stereocenters. The zero-order valence-corrected chi connectivity index (χ0v) is 15.6. The smallest absolute Gasteiger partial charge is 0.307 e. The second-order valence-corrected chi connectivity index (χ2v) is 8.08. The van der Waals surface area contributed by atoms with E-state index in [1.165, 1.54) is 15.0 Å². The molecule has 1 aliphatic heterocycles. The van der Waals surface area contributed by atoms with Gasteiger partial charge in [0.2, 0.25) is 0 Å². The largest absolute Gasteiger partial charge is 0.481 e. The Kier molecular flexibility index (Phi) is 4.74. The number of benzene rings is 1. The number of carboxylic acids is 1. The lowest BCUT2D eigenvalue weighted by Crippen LogP contribution is -2.41. The highest BCUT2D eigenvalue weighted by Crippen LogP contribution is 2.38. The monoisotopic (exact) mass is 366 g/mol. The minimum absolute atomic E-state index is 0.00995. The van der Waals surface area contributed by atoms with E-state index in [2.05, 4.69) is 53.2 Å². The molecule has 5 heteroatoms. The summed E-state index contributed by atoms with van der Waals surface area (Å²) in [4.78, 5) is 19.8. The molecule has 1 fully saturated rings. The fourth-order valence-corrected chi connectivity index (χ4v) is 5.06. The maximum absolute atomic E-state index is 11.6. The number of carboxylic acid groups (broad SMARTS) is 1. The maximum Gasteiger partial charge on any atom is 0.307 e. The van der Waals surface area contributed by atoms with Gasteiger partial charge in [0.05, 0.1) is 17.7 Å². The molecule has 2 unspecified atom stereocenters. The van der Waals surface area contributed by atoms with Gasteiger partial charge in [-0.2, -0.15) is 0 Å². The van der Waals surface area contributed by atoms with E-state index in [1.54, 1.807) is 11.3 Å². The summed E-state index contributed by atoms with van der Waals surface area (Å²) < 4.78 is 1.26. The van der Waals surface area contributed by atoms with Crippen LogP contribution in [0.2, 0.25) is 0 Å². The molecule has 4 rings (SSSR count). The van der Waals surface area contributed by atoms with Crippen LogP contribution in [0, 0.1) is 12.8 Å². The normalized spacial score (nSPS) is 19.5. The number of rotatable bonds is 4. The van der Waals surface area contributed by atoms with Crippen molar-refractivity contribution in [2.24, 2.45) is 5.92 Å². The van der Waals surface area contributed by atoms with Crippen LogP contribution < -0.4 is 0 Å². The number of fused-ring (bicyclic) bond motifs is 1. The predicted octanol–water partition coefficient (Wildman–Crippen LogP) is 4.49. The van der Waals surface area contributed by atoms with Crippen LogP contribution in [-0.2, 0) is 4.79 Å². The van der Waals surface area contributed by atoms with Crippen LogP contribution in [0.25, 0.3) is 10.1 Å². The second kappa shape index (κ2) is 7.17. The molecule has 0 amide bonds. The standard InChI is InChI=1S/C21H22N2O2S/c1-14-6-4-10-22-19(14)20(23-11-5-8-16(13-23)21(24)25)18-12-15-7-2-3-9-17(15)26-18/h2-4,6-7,9-10,12,16,20H,5,8,11,13H2,1H3,(H,24,25). The van der Waals surface area contributed by atoms with Gasteiger partial charge < -0.3 is 5.11 Å². The first-order valence-electron chi connectivity index (χ1n) is 9.00. The Bertz CT molecular complexity index is 903. The van der Waals surface area contributed by atoms with Crippen molar-refractivity contribution in [3.63, 3.8) is 0 Å². The number of carbonyl (C=O) groups is 1. The summed E-state index contributed by atoms with van der Waals surface area (Å²) in [6.45, 7) is 3.56. The molecular weight excluding hydrogens is 344 g/mol. The second-order valence-electron chi connectivity index (χ2n) is 6.97. The molecular formula is C21H22N2O2S. The van der Waals surface area contributed by atoms with Gasteiger partial charge >= 0.3 is 5.97 Å². The van der Waals surface area contributed by atoms with Gasteiger partial charge in [0.15, 0.2) is 0 Å². The third kappa shape index (κ3) is 3.24. The number of pyridine rings is 1. The van der Waals surface area contributed by atoms with Crippen molar-refractivity contribution in [2.75, 3.05) is 13.1 Å². The molecule has 0 spiro atoms. The van der Waals surface area contributed by atoms with Crippen molar-refractivity contribution in [1.82, 2.24) is 9.88 Å². The Balaban J connectivity index is 1.79. The molecule has 0 aliphatic carbocycles. The molecule has 3 heterocycles. The highest BCUT2D eigenvalue weighted by atomic mass is 32.1. The number of aliphatic carboxylic acids is 1. The number of hydrogen-bond acceptors (Lipinski definition) is 4. The molecule has 1 aromatic carbocycles. The first kappa shape index (κ1) is 17.2. The summed E-state index contributed by atoms with van der Waals surface area (Å²) >= 11 is 1.78. The highest BCUT2D eigenvalue weighted by molar-refractivity contribution is 7.19. The Morgan fingerprint density at radius 3 is 2.92 bits per heavy atom. The fraction of sp³-hybridized carbons (Fsp3) is 0.333. The zero-order valence-electron chi connectivity index (χ0n) is 14.8. The quantitative estimate of drug-likeness (QED) is 0.739. The lowest BCUT2D eigenvalue weighted by molar-refractivity contribution is -0.143. The van der Waals surface area contributed by atoms with E-state index in [9.17, 15) is 9.90 Å². The van der Waals surface area contributed by atoms with Crippen LogP contribution in [0.4, 0.5) is 0 Å². The molecule has 1 N–H and O–H groups in total. The number of piperidine rings is 1. The Labute approximate surface area is 157 Å². The SMILES string of the molecule is Cc1cccnc1C(c1cc2ccccc2s1)N1CCCC(C(=O)O)C1. The lowest BCUT2D eigenvalue weighted by Gasteiger charge is -2.36. The van der Waals surface area contributed by atoms with E-state index in [-0.39, 0.29) is 12.0 Å². The van der Waals surface area contributed by atoms with Gasteiger partial charge in [0, 0.05) is 22.3 Å². The van der Waals surface area contributed by atoms with Crippen molar-refractivity contribution in [3.05, 3.63) is 64.8 Å². The van der Waals surface area contributed by atoms with Crippen LogP contribution in [0.3, 0.4) is 0 Å². The van der Waals surface area contributed by atoms with Gasteiger partial charge in [-0.05, 0) is 55.5 Å². The molecule has 0 radical (unpaired) electrons. The van der Waals surface area contributed by atoms with Crippen LogP contribution >= 0.6 is 11.3 Å². The summed E-state index contributed by atoms with van der Waals surface area (Å²) in [5.41, 5.74) is 2.18. The fourth-order valence-electron chi connectivity index (χ4n) is 3.85. The van der Waals surface area contributed by atoms with Gasteiger partial charge in [-0.15, -0.1) is 11.3 Å². The number of thiophene rings is 1. The molecule has 3 aromatic rings. The van der Waals surface area contributed by atoms with Crippen LogP contribution in [0.1, 0.15) is 35.0 Å². The molecule has 4 nitrogen and oxygen atoms in total. The number of aromatic nitrogens is 1. The number of likely N-dealkylation sites (tertiary alicyclic amines) is 1. The topological polar surface area (TPSA) is 53.4 Å². The first-order chi connectivity index (χ1) is 12.6. The molecule has 0 saturated carbocycles. The van der Waals surface area contributed by atoms with Crippen molar-refractivity contribution in [1.29, 1.82) is 0 Å². The first-order valence-corrected chi connectivity index (χ1v) is 9.82. The molecule has 26 heavy (non-hydrogen) atoms. The lowest BCUT2D eigenvalue weighted by atomic mass is 9.94. The molecule has 2 aromatic heterocycles. The number of hydrogen-bond donors (Lipinski definition) is 1. The number of aryl methyl sites for hydroxylation is 1. The Morgan fingerprint density at radius 2 is 2.15 bits per heavy atom. The number of nitrogens with zero attached hydrogens (tertiary/aromatic N) is 2. The van der Waals surface area contributed by atoms with E-state index >= 15 is 0 Å². The minimum Gasteiger partial charge on any atom is -0.481 e. The van der Waals surface area contributed by atoms with Gasteiger partial charge in [-0.25, -0.2) is 0 Å². The predicted molar refractivity (Wildman–Crippen MR) is 105 cm³/mol. The average molecular weight is 366 g/mol. The molecule has 1 aliphatic rings. The van der Waals surface area contributed by atoms with Gasteiger partial charge in [0.25, 0.3) is 0 Å². The minimum atomic E-state index is -0.692. The van der Waals surface area contributed by atoms with Gasteiger partial charge in [-0.1, -0.05) is 24.3 Å². The van der Waals surface area contributed by atoms with Crippen LogP contribution in [0.15, 0.2) is 48.7 Å². The maximum atomic E-state index is 11.6. The van der Waals surface area contributed by atoms with E-state index < -0.39 is 5.97 Å². The highest BCUT2D eigenvalue weighted by Gasteiger charge is 2.33. The Hall–Kier alpha value is -2.24. The van der Waals surface area contributed by atoms with E-state index in [0.29, 0.717) is 6.54 Å². The van der Waals surface area contributed by atoms with Crippen LogP contribution in [-0.4, -0.2) is 34.0 Å². The third-order valence-electron chi connectivity index (χ3n) is 5.19. The molecule has 0 bridgehead atoms. The van der Waals surface area contributed by atoms with Crippen molar-refractivity contribution in [3.8, 4) is 0 Å². The van der Waals surface area contributed by atoms with E-state index in [1.807, 2.05) is 12.3 Å². The molecule has 134 valence electrons. The summed E-state index contributed by atoms with van der Waals surface area (Å²) in [5, 5.41) is 10.7. The summed E-state index contributed by atoms with van der Waals surface area (Å²) in [5.74, 6) is -0.993. The van der Waals surface area contributed by atoms with Crippen molar-refractivity contribution >= 4 is 27.4 Å². The van der Waals surface area contributed by atoms with Crippen LogP contribution in [0.5, 0.6) is 0 Å². The summed E-state index contributed by atoms with van der Waals surface area (Å²) in [7, 11) is 0. The molecule has 1 saturated heterocycles. The van der Waals surface area contributed by atoms with Crippen molar-refractivity contribution in [2.45, 2.75) is 25.8 Å². The zero-order chi connectivity index (χ0) is 18.1. The summed E-state index contributed by atoms with van der Waals surface area (Å²) in [6.07, 6.45) is 3.50. The van der Waals surface area contributed by atoms with E-state index in [0.717, 1.165) is 30.6 Å². The Morgan fingerprint density at radius 1 is 1.31 bits per heavy atom. The van der Waals surface area contributed by atoms with Gasteiger partial charge in [0.1, 0.15) is 0 Å². The average Bonchev–Trinajstić information content (AvgIpc) is 3.07. The summed E-state index contributed by atoms with van der Waals surface area (Å²) in [6, 6.07) is 14.7. The van der Waals surface area contributed by atoms with Crippen molar-refractivity contribution < 1.29 is 9.90 Å². The van der Waals surface area contributed by atoms with Gasteiger partial charge in [-0.3, -0.25) is 14.7 Å².